The fourth-order valence-electron chi connectivity index (χ4n) is 2.44. The van der Waals surface area contributed by atoms with Crippen molar-refractivity contribution in [3.05, 3.63) is 58.9 Å². The second kappa shape index (κ2) is 8.30. The summed E-state index contributed by atoms with van der Waals surface area (Å²) in [6, 6.07) is 12.6. The van der Waals surface area contributed by atoms with Crippen molar-refractivity contribution in [3.63, 3.8) is 0 Å². The molecule has 5 nitrogen and oxygen atoms in total. The number of nitrogens with zero attached hydrogens (tertiary/aromatic N) is 1. The zero-order chi connectivity index (χ0) is 20.1. The first-order valence-electron chi connectivity index (χ1n) is 8.20. The molecule has 0 fully saturated rings. The highest BCUT2D eigenvalue weighted by atomic mass is 32.1. The third-order valence-electron chi connectivity index (χ3n) is 3.58. The van der Waals surface area contributed by atoms with Crippen LogP contribution in [0.5, 0.6) is 5.75 Å². The first kappa shape index (κ1) is 19.7. The largest absolute Gasteiger partial charge is 0.573 e. The molecule has 1 amide bonds. The Bertz CT molecular complexity index is 973. The molecule has 28 heavy (non-hydrogen) atoms. The van der Waals surface area contributed by atoms with E-state index in [4.69, 9.17) is 0 Å². The molecule has 0 aliphatic rings. The lowest BCUT2D eigenvalue weighted by Gasteiger charge is -2.11. The summed E-state index contributed by atoms with van der Waals surface area (Å²) in [7, 11) is 0. The number of hydrogen-bond donors (Lipinski definition) is 2. The Morgan fingerprint density at radius 3 is 2.61 bits per heavy atom. The number of rotatable bonds is 6. The van der Waals surface area contributed by atoms with Crippen LogP contribution < -0.4 is 15.4 Å². The van der Waals surface area contributed by atoms with Gasteiger partial charge < -0.3 is 15.4 Å². The number of ether oxygens (including phenoxy) is 1. The van der Waals surface area contributed by atoms with E-state index in [0.717, 1.165) is 16.3 Å². The van der Waals surface area contributed by atoms with Crippen molar-refractivity contribution in [1.29, 1.82) is 0 Å². The quantitative estimate of drug-likeness (QED) is 0.599. The second-order valence-electron chi connectivity index (χ2n) is 5.81. The lowest BCUT2D eigenvalue weighted by Crippen LogP contribution is -2.22. The summed E-state index contributed by atoms with van der Waals surface area (Å²) >= 11 is 1.54. The molecule has 1 heterocycles. The van der Waals surface area contributed by atoms with Crippen molar-refractivity contribution >= 4 is 28.6 Å². The fourth-order valence-corrected chi connectivity index (χ4v) is 3.07. The van der Waals surface area contributed by atoms with E-state index in [9.17, 15) is 18.0 Å². The van der Waals surface area contributed by atoms with E-state index in [2.05, 4.69) is 20.4 Å². The van der Waals surface area contributed by atoms with Gasteiger partial charge in [0.15, 0.2) is 0 Å². The van der Waals surface area contributed by atoms with E-state index in [1.165, 1.54) is 18.2 Å². The monoisotopic (exact) mass is 407 g/mol. The van der Waals surface area contributed by atoms with Crippen LogP contribution >= 0.6 is 11.3 Å². The molecule has 0 aliphatic carbocycles. The summed E-state index contributed by atoms with van der Waals surface area (Å²) in [6.07, 6.45) is -4.77. The number of halogens is 3. The Morgan fingerprint density at radius 2 is 1.89 bits per heavy atom. The number of amides is 1. The first-order chi connectivity index (χ1) is 13.3. The summed E-state index contributed by atoms with van der Waals surface area (Å²) in [5, 5.41) is 8.40. The van der Waals surface area contributed by atoms with Crippen LogP contribution in [0.25, 0.3) is 11.3 Å². The summed E-state index contributed by atoms with van der Waals surface area (Å²) < 4.78 is 40.7. The molecule has 0 atom stereocenters. The van der Waals surface area contributed by atoms with Gasteiger partial charge in [0.05, 0.1) is 17.2 Å². The Morgan fingerprint density at radius 1 is 1.14 bits per heavy atom. The van der Waals surface area contributed by atoms with Gasteiger partial charge in [0.1, 0.15) is 5.75 Å². The lowest BCUT2D eigenvalue weighted by molar-refractivity contribution is -0.274. The van der Waals surface area contributed by atoms with Gasteiger partial charge >= 0.3 is 6.36 Å². The number of carbonyl (C=O) groups is 1. The van der Waals surface area contributed by atoms with Crippen LogP contribution in [0.15, 0.2) is 53.9 Å². The van der Waals surface area contributed by atoms with E-state index >= 15 is 0 Å². The maximum atomic E-state index is 12.3. The van der Waals surface area contributed by atoms with Crippen molar-refractivity contribution in [2.24, 2.45) is 0 Å². The molecule has 0 saturated heterocycles. The fraction of sp³-hybridized carbons (Fsp3) is 0.158. The molecule has 0 unspecified atom stereocenters. The number of benzene rings is 2. The minimum absolute atomic E-state index is 0.116. The molecule has 1 aromatic heterocycles. The average molecular weight is 407 g/mol. The number of carbonyl (C=O) groups excluding carboxylic acids is 1. The molecular formula is C19H16F3N3O2S. The van der Waals surface area contributed by atoms with Crippen LogP contribution in [-0.2, 0) is 4.79 Å². The van der Waals surface area contributed by atoms with Crippen molar-refractivity contribution in [1.82, 2.24) is 4.98 Å². The van der Waals surface area contributed by atoms with Crippen molar-refractivity contribution in [2.45, 2.75) is 13.3 Å². The van der Waals surface area contributed by atoms with E-state index < -0.39 is 6.36 Å². The van der Waals surface area contributed by atoms with Gasteiger partial charge in [-0.15, -0.1) is 24.5 Å². The molecule has 9 heteroatoms. The number of aryl methyl sites for hydroxylation is 1. The number of alkyl halides is 3. The molecule has 3 aromatic rings. The minimum Gasteiger partial charge on any atom is -0.406 e. The zero-order valence-electron chi connectivity index (χ0n) is 14.7. The predicted octanol–water partition coefficient (Wildman–Crippen LogP) is 5.07. The summed E-state index contributed by atoms with van der Waals surface area (Å²) in [4.78, 5) is 16.6. The molecule has 0 radical (unpaired) electrons. The van der Waals surface area contributed by atoms with Crippen LogP contribution in [0.2, 0.25) is 0 Å². The Labute approximate surface area is 163 Å². The predicted molar refractivity (Wildman–Crippen MR) is 103 cm³/mol. The van der Waals surface area contributed by atoms with Crippen molar-refractivity contribution < 1.29 is 22.7 Å². The number of aromatic nitrogens is 1. The summed E-state index contributed by atoms with van der Waals surface area (Å²) in [5.41, 5.74) is 2.65. The van der Waals surface area contributed by atoms with E-state index in [0.29, 0.717) is 11.4 Å². The summed E-state index contributed by atoms with van der Waals surface area (Å²) in [6.45, 7) is 1.80. The van der Waals surface area contributed by atoms with Crippen molar-refractivity contribution in [2.75, 3.05) is 17.2 Å². The second-order valence-corrected chi connectivity index (χ2v) is 6.87. The molecule has 0 bridgehead atoms. The van der Waals surface area contributed by atoms with Gasteiger partial charge in [-0.1, -0.05) is 18.2 Å². The highest BCUT2D eigenvalue weighted by Crippen LogP contribution is 2.26. The first-order valence-corrected chi connectivity index (χ1v) is 9.08. The third-order valence-corrected chi connectivity index (χ3v) is 4.36. The van der Waals surface area contributed by atoms with Gasteiger partial charge in [-0.05, 0) is 31.2 Å². The van der Waals surface area contributed by atoms with E-state index in [-0.39, 0.29) is 18.2 Å². The maximum absolute atomic E-state index is 12.3. The molecule has 0 saturated carbocycles. The smallest absolute Gasteiger partial charge is 0.406 e. The standard InChI is InChI=1S/C19H16F3N3O2S/c1-12-24-17(11-28-12)13-4-2-6-15(8-13)25-18(26)10-23-14-5-3-7-16(9-14)27-19(20,21)22/h2-9,11,23H,10H2,1H3,(H,25,26). The highest BCUT2D eigenvalue weighted by Gasteiger charge is 2.31. The maximum Gasteiger partial charge on any atom is 0.573 e. The number of anilines is 2. The number of thiazole rings is 1. The molecular weight excluding hydrogens is 391 g/mol. The van der Waals surface area contributed by atoms with Crippen LogP contribution in [-0.4, -0.2) is 23.8 Å². The Kier molecular flexibility index (Phi) is 5.84. The zero-order valence-corrected chi connectivity index (χ0v) is 15.5. The van der Waals surface area contributed by atoms with Gasteiger partial charge in [-0.25, -0.2) is 4.98 Å². The minimum atomic E-state index is -4.77. The van der Waals surface area contributed by atoms with Gasteiger partial charge in [0, 0.05) is 28.4 Å². The Hall–Kier alpha value is -3.07. The van der Waals surface area contributed by atoms with E-state index in [1.807, 2.05) is 30.5 Å². The van der Waals surface area contributed by atoms with Crippen LogP contribution in [0, 0.1) is 6.92 Å². The van der Waals surface area contributed by atoms with Crippen molar-refractivity contribution in [3.8, 4) is 17.0 Å². The van der Waals surface area contributed by atoms with Crippen LogP contribution in [0.4, 0.5) is 24.5 Å². The van der Waals surface area contributed by atoms with Crippen LogP contribution in [0.1, 0.15) is 5.01 Å². The van der Waals surface area contributed by atoms with Gasteiger partial charge in [0.25, 0.3) is 0 Å². The Balaban J connectivity index is 1.58. The van der Waals surface area contributed by atoms with Gasteiger partial charge in [-0.3, -0.25) is 4.79 Å². The molecule has 146 valence electrons. The van der Waals surface area contributed by atoms with Crippen LogP contribution in [0.3, 0.4) is 0 Å². The topological polar surface area (TPSA) is 63.2 Å². The molecule has 3 rings (SSSR count). The number of hydrogen-bond acceptors (Lipinski definition) is 5. The average Bonchev–Trinajstić information content (AvgIpc) is 3.06. The molecule has 0 spiro atoms. The normalized spacial score (nSPS) is 11.1. The SMILES string of the molecule is Cc1nc(-c2cccc(NC(=O)CNc3cccc(OC(F)(F)F)c3)c2)cs1. The lowest BCUT2D eigenvalue weighted by atomic mass is 10.1. The van der Waals surface area contributed by atoms with Gasteiger partial charge in [0.2, 0.25) is 5.91 Å². The van der Waals surface area contributed by atoms with Gasteiger partial charge in [-0.2, -0.15) is 0 Å². The summed E-state index contributed by atoms with van der Waals surface area (Å²) in [5.74, 6) is -0.696. The van der Waals surface area contributed by atoms with E-state index in [1.54, 1.807) is 23.5 Å². The molecule has 0 aliphatic heterocycles. The number of nitrogens with one attached hydrogen (secondary N) is 2. The molecule has 2 N–H and O–H groups in total. The highest BCUT2D eigenvalue weighted by molar-refractivity contribution is 7.09. The molecule has 2 aromatic carbocycles. The third kappa shape index (κ3) is 5.71.